The third-order valence-corrected chi connectivity index (χ3v) is 4.61. The number of hydrogen-bond donors (Lipinski definition) is 1. The van der Waals surface area contributed by atoms with Crippen molar-refractivity contribution in [3.63, 3.8) is 0 Å². The highest BCUT2D eigenvalue weighted by atomic mass is 35.5. The molecule has 2 N–H and O–H groups in total. The van der Waals surface area contributed by atoms with Gasteiger partial charge in [-0.3, -0.25) is 4.90 Å². The summed E-state index contributed by atoms with van der Waals surface area (Å²) in [4.78, 5) is 5.41. The Balaban J connectivity index is 1.87. The zero-order valence-corrected chi connectivity index (χ0v) is 12.4. The Hall–Kier alpha value is -0.840. The van der Waals surface area contributed by atoms with Crippen LogP contribution in [0.15, 0.2) is 18.2 Å². The second-order valence-electron chi connectivity index (χ2n) is 5.30. The van der Waals surface area contributed by atoms with Gasteiger partial charge in [-0.1, -0.05) is 23.8 Å². The fourth-order valence-corrected chi connectivity index (χ4v) is 3.53. The number of fused-ring (bicyclic) bond motifs is 1. The monoisotopic (exact) mass is 295 g/mol. The summed E-state index contributed by atoms with van der Waals surface area (Å²) >= 11 is 11.2. The molecule has 0 amide bonds. The zero-order valence-electron chi connectivity index (χ0n) is 10.8. The van der Waals surface area contributed by atoms with E-state index in [0.717, 1.165) is 30.9 Å². The quantitative estimate of drug-likeness (QED) is 0.849. The number of thiocarbonyl (C=S) groups is 1. The molecule has 1 atom stereocenters. The van der Waals surface area contributed by atoms with Gasteiger partial charge in [0.15, 0.2) is 0 Å². The summed E-state index contributed by atoms with van der Waals surface area (Å²) in [7, 11) is 0. The molecule has 1 aromatic rings. The maximum Gasteiger partial charge on any atom is 0.106 e. The van der Waals surface area contributed by atoms with Crippen LogP contribution < -0.4 is 10.6 Å². The van der Waals surface area contributed by atoms with Gasteiger partial charge in [0.2, 0.25) is 0 Å². The van der Waals surface area contributed by atoms with Crippen LogP contribution in [0.2, 0.25) is 5.02 Å². The van der Waals surface area contributed by atoms with Crippen LogP contribution in [-0.2, 0) is 0 Å². The lowest BCUT2D eigenvalue weighted by atomic mass is 10.1. The van der Waals surface area contributed by atoms with Crippen molar-refractivity contribution in [2.45, 2.75) is 18.9 Å². The van der Waals surface area contributed by atoms with Crippen molar-refractivity contribution in [1.82, 2.24) is 4.90 Å². The summed E-state index contributed by atoms with van der Waals surface area (Å²) in [5.74, 6) is 0. The minimum atomic E-state index is 0.423. The topological polar surface area (TPSA) is 32.5 Å². The molecule has 0 saturated carbocycles. The third-order valence-electron chi connectivity index (χ3n) is 4.15. The Morgan fingerprint density at radius 3 is 2.95 bits per heavy atom. The minimum Gasteiger partial charge on any atom is -0.389 e. The van der Waals surface area contributed by atoms with Crippen LogP contribution in [0.25, 0.3) is 0 Å². The molecule has 0 spiro atoms. The van der Waals surface area contributed by atoms with E-state index >= 15 is 0 Å². The van der Waals surface area contributed by atoms with Crippen LogP contribution in [0.4, 0.5) is 5.69 Å². The van der Waals surface area contributed by atoms with E-state index in [-0.39, 0.29) is 0 Å². The number of piperazine rings is 1. The second kappa shape index (κ2) is 5.27. The predicted molar refractivity (Wildman–Crippen MR) is 84.1 cm³/mol. The van der Waals surface area contributed by atoms with Crippen molar-refractivity contribution in [1.29, 1.82) is 0 Å². The van der Waals surface area contributed by atoms with Crippen LogP contribution in [0, 0.1) is 0 Å². The van der Waals surface area contributed by atoms with Gasteiger partial charge >= 0.3 is 0 Å². The van der Waals surface area contributed by atoms with Crippen molar-refractivity contribution in [2.75, 3.05) is 31.1 Å². The zero-order chi connectivity index (χ0) is 13.4. The van der Waals surface area contributed by atoms with Crippen LogP contribution in [0.1, 0.15) is 18.4 Å². The molecule has 0 aromatic heterocycles. The lowest BCUT2D eigenvalue weighted by Crippen LogP contribution is -2.50. The highest BCUT2D eigenvalue weighted by Crippen LogP contribution is 2.29. The fraction of sp³-hybridized carbons (Fsp3) is 0.500. The molecule has 2 fully saturated rings. The van der Waals surface area contributed by atoms with Gasteiger partial charge in [-0.15, -0.1) is 0 Å². The van der Waals surface area contributed by atoms with Crippen LogP contribution in [0.5, 0.6) is 0 Å². The van der Waals surface area contributed by atoms with Crippen LogP contribution in [0.3, 0.4) is 0 Å². The van der Waals surface area contributed by atoms with Crippen molar-refractivity contribution in [2.24, 2.45) is 5.73 Å². The molecule has 1 aromatic carbocycles. The summed E-state index contributed by atoms with van der Waals surface area (Å²) in [5, 5.41) is 0.686. The number of hydrogen-bond acceptors (Lipinski definition) is 3. The van der Waals surface area contributed by atoms with Gasteiger partial charge in [-0.25, -0.2) is 0 Å². The molecular weight excluding hydrogens is 278 g/mol. The van der Waals surface area contributed by atoms with E-state index < -0.39 is 0 Å². The molecule has 102 valence electrons. The molecule has 3 rings (SSSR count). The SMILES string of the molecule is NC(=S)c1cc(Cl)ccc1N1CCN2CCCC2C1. The van der Waals surface area contributed by atoms with Gasteiger partial charge < -0.3 is 10.6 Å². The molecule has 0 radical (unpaired) electrons. The Morgan fingerprint density at radius 1 is 1.32 bits per heavy atom. The fourth-order valence-electron chi connectivity index (χ4n) is 3.19. The van der Waals surface area contributed by atoms with E-state index in [1.165, 1.54) is 19.4 Å². The first-order valence-electron chi connectivity index (χ1n) is 6.73. The van der Waals surface area contributed by atoms with Gasteiger partial charge in [-0.05, 0) is 37.6 Å². The molecule has 5 heteroatoms. The first-order chi connectivity index (χ1) is 9.15. The van der Waals surface area contributed by atoms with Crippen molar-refractivity contribution < 1.29 is 0 Å². The van der Waals surface area contributed by atoms with E-state index in [2.05, 4.69) is 9.80 Å². The lowest BCUT2D eigenvalue weighted by Gasteiger charge is -2.39. The average Bonchev–Trinajstić information content (AvgIpc) is 2.85. The molecule has 2 saturated heterocycles. The van der Waals surface area contributed by atoms with Crippen molar-refractivity contribution >= 4 is 34.5 Å². The van der Waals surface area contributed by atoms with E-state index in [0.29, 0.717) is 16.1 Å². The lowest BCUT2D eigenvalue weighted by molar-refractivity contribution is 0.231. The standard InChI is InChI=1S/C14H18ClN3S/c15-10-3-4-13(12(8-10)14(16)19)18-7-6-17-5-1-2-11(17)9-18/h3-4,8,11H,1-2,5-7,9H2,(H2,16,19). The van der Waals surface area contributed by atoms with E-state index in [4.69, 9.17) is 29.6 Å². The second-order valence-corrected chi connectivity index (χ2v) is 6.18. The summed E-state index contributed by atoms with van der Waals surface area (Å²) in [5.41, 5.74) is 7.86. The Bertz CT molecular complexity index is 505. The molecular formula is C14H18ClN3S. The molecule has 2 aliphatic rings. The van der Waals surface area contributed by atoms with Gasteiger partial charge in [0, 0.05) is 41.9 Å². The number of rotatable bonds is 2. The molecule has 19 heavy (non-hydrogen) atoms. The highest BCUT2D eigenvalue weighted by molar-refractivity contribution is 7.80. The molecule has 2 heterocycles. The van der Waals surface area contributed by atoms with Crippen molar-refractivity contribution in [3.05, 3.63) is 28.8 Å². The minimum absolute atomic E-state index is 0.423. The summed E-state index contributed by atoms with van der Waals surface area (Å²) in [6.07, 6.45) is 2.62. The van der Waals surface area contributed by atoms with Crippen LogP contribution in [-0.4, -0.2) is 42.1 Å². The largest absolute Gasteiger partial charge is 0.389 e. The van der Waals surface area contributed by atoms with E-state index in [1.54, 1.807) is 0 Å². The Morgan fingerprint density at radius 2 is 2.16 bits per heavy atom. The normalized spacial score (nSPS) is 23.4. The van der Waals surface area contributed by atoms with Crippen LogP contribution >= 0.6 is 23.8 Å². The average molecular weight is 296 g/mol. The summed E-state index contributed by atoms with van der Waals surface area (Å²) < 4.78 is 0. The summed E-state index contributed by atoms with van der Waals surface area (Å²) in [6, 6.07) is 6.52. The molecule has 0 aliphatic carbocycles. The van der Waals surface area contributed by atoms with Gasteiger partial charge in [0.05, 0.1) is 0 Å². The van der Waals surface area contributed by atoms with Gasteiger partial charge in [0.25, 0.3) is 0 Å². The molecule has 0 bridgehead atoms. The third kappa shape index (κ3) is 2.57. The molecule has 3 nitrogen and oxygen atoms in total. The van der Waals surface area contributed by atoms with E-state index in [1.807, 2.05) is 18.2 Å². The number of nitrogens with two attached hydrogens (primary N) is 1. The number of nitrogens with zero attached hydrogens (tertiary/aromatic N) is 2. The number of benzene rings is 1. The molecule has 2 aliphatic heterocycles. The van der Waals surface area contributed by atoms with Gasteiger partial charge in [-0.2, -0.15) is 0 Å². The Kier molecular flexibility index (Phi) is 3.65. The highest BCUT2D eigenvalue weighted by Gasteiger charge is 2.31. The van der Waals surface area contributed by atoms with E-state index in [9.17, 15) is 0 Å². The Labute approximate surface area is 124 Å². The number of anilines is 1. The molecule has 1 unspecified atom stereocenters. The first kappa shape index (κ1) is 13.2. The predicted octanol–water partition coefficient (Wildman–Crippen LogP) is 2.26. The van der Waals surface area contributed by atoms with Crippen molar-refractivity contribution in [3.8, 4) is 0 Å². The maximum absolute atomic E-state index is 6.05. The first-order valence-corrected chi connectivity index (χ1v) is 7.52. The maximum atomic E-state index is 6.05. The smallest absolute Gasteiger partial charge is 0.106 e. The summed E-state index contributed by atoms with van der Waals surface area (Å²) in [6.45, 7) is 4.48. The number of halogens is 1. The van der Waals surface area contributed by atoms with Gasteiger partial charge in [0.1, 0.15) is 4.99 Å².